The third-order valence-corrected chi connectivity index (χ3v) is 9.60. The highest BCUT2D eigenvalue weighted by atomic mass is 19.1. The number of amides is 2. The number of nitrogens with one attached hydrogen (secondary N) is 1. The maximum absolute atomic E-state index is 14.8. The van der Waals surface area contributed by atoms with E-state index in [1.54, 1.807) is 72.7 Å². The number of hydrogen-bond donors (Lipinski definition) is 1. The molecule has 1 aliphatic carbocycles. The quantitative estimate of drug-likeness (QED) is 0.194. The molecule has 8 heteroatoms. The lowest BCUT2D eigenvalue weighted by atomic mass is 9.76. The second kappa shape index (κ2) is 14.3. The van der Waals surface area contributed by atoms with Crippen LogP contribution in [0.25, 0.3) is 0 Å². The van der Waals surface area contributed by atoms with E-state index in [-0.39, 0.29) is 30.0 Å². The van der Waals surface area contributed by atoms with Gasteiger partial charge >= 0.3 is 0 Å². The van der Waals surface area contributed by atoms with Crippen molar-refractivity contribution in [2.75, 3.05) is 7.11 Å². The first-order valence-corrected chi connectivity index (χ1v) is 16.2. The van der Waals surface area contributed by atoms with E-state index < -0.39 is 35.6 Å². The molecule has 2 amide bonds. The Labute approximate surface area is 273 Å². The number of hydrogen-bond acceptors (Lipinski definition) is 4. The zero-order valence-corrected chi connectivity index (χ0v) is 26.3. The Kier molecular flexibility index (Phi) is 9.76. The summed E-state index contributed by atoms with van der Waals surface area (Å²) < 4.78 is 33.3. The number of likely N-dealkylation sites (tertiary alicyclic amines) is 1. The smallest absolute Gasteiger partial charge is 0.243 e. The number of rotatable bonds is 9. The lowest BCUT2D eigenvalue weighted by molar-refractivity contribution is -0.145. The number of ketones is 1. The summed E-state index contributed by atoms with van der Waals surface area (Å²) in [6, 6.07) is 26.0. The van der Waals surface area contributed by atoms with Crippen molar-refractivity contribution >= 4 is 17.6 Å². The van der Waals surface area contributed by atoms with E-state index in [0.29, 0.717) is 40.8 Å². The van der Waals surface area contributed by atoms with Crippen molar-refractivity contribution in [3.8, 4) is 5.75 Å². The molecule has 242 valence electrons. The molecule has 47 heavy (non-hydrogen) atoms. The van der Waals surface area contributed by atoms with Crippen LogP contribution in [0.1, 0.15) is 71.1 Å². The fraction of sp³-hybridized carbons (Fsp3) is 0.308. The van der Waals surface area contributed by atoms with Gasteiger partial charge in [-0.15, -0.1) is 0 Å². The standard InChI is InChI=1S/C39H38F2N2O4/c1-47-32-22-16-27(17-23-32)35-34(37(44)28-8-4-2-5-9-28)33(26-14-20-31(41)21-15-26)36(43(35)39(46)29-10-6-3-7-11-29)38(45)42-24-25-12-18-30(40)19-13-25/h2,4-5,8-9,12-23,29,33-36H,3,6-7,10-11,24H2,1H3,(H,42,45). The Balaban J connectivity index is 1.53. The molecule has 4 unspecified atom stereocenters. The van der Waals surface area contributed by atoms with Crippen LogP contribution in [-0.4, -0.2) is 35.6 Å². The molecule has 1 saturated heterocycles. The zero-order chi connectivity index (χ0) is 32.9. The van der Waals surface area contributed by atoms with E-state index in [1.165, 1.54) is 24.3 Å². The van der Waals surface area contributed by atoms with Crippen LogP contribution < -0.4 is 10.1 Å². The van der Waals surface area contributed by atoms with Gasteiger partial charge in [-0.2, -0.15) is 0 Å². The van der Waals surface area contributed by atoms with Crippen molar-refractivity contribution in [3.05, 3.63) is 137 Å². The van der Waals surface area contributed by atoms with Crippen LogP contribution in [0.4, 0.5) is 8.78 Å². The summed E-state index contributed by atoms with van der Waals surface area (Å²) in [5, 5.41) is 2.99. The molecular weight excluding hydrogens is 598 g/mol. The van der Waals surface area contributed by atoms with E-state index in [0.717, 1.165) is 19.3 Å². The Hall–Kier alpha value is -4.85. The molecule has 0 spiro atoms. The SMILES string of the molecule is COc1ccc(C2C(C(=O)c3ccccc3)C(c3ccc(F)cc3)C(C(=O)NCc3ccc(F)cc3)N2C(=O)C2CCCCC2)cc1. The number of Topliss-reactive ketones (excluding diaryl/α,β-unsaturated/α-hetero) is 1. The van der Waals surface area contributed by atoms with Gasteiger partial charge in [0.1, 0.15) is 23.4 Å². The first-order chi connectivity index (χ1) is 22.9. The summed E-state index contributed by atoms with van der Waals surface area (Å²) in [6.07, 6.45) is 4.26. The van der Waals surface area contributed by atoms with Crippen LogP contribution in [0.2, 0.25) is 0 Å². The normalized spacial score (nSPS) is 21.3. The van der Waals surface area contributed by atoms with Crippen molar-refractivity contribution in [2.45, 2.75) is 56.7 Å². The van der Waals surface area contributed by atoms with Gasteiger partial charge in [-0.1, -0.05) is 86.0 Å². The van der Waals surface area contributed by atoms with Crippen molar-refractivity contribution < 1.29 is 27.9 Å². The third kappa shape index (κ3) is 6.82. The van der Waals surface area contributed by atoms with Crippen molar-refractivity contribution in [2.24, 2.45) is 11.8 Å². The minimum Gasteiger partial charge on any atom is -0.497 e. The Morgan fingerprint density at radius 3 is 1.98 bits per heavy atom. The van der Waals surface area contributed by atoms with E-state index in [9.17, 15) is 23.2 Å². The zero-order valence-electron chi connectivity index (χ0n) is 26.3. The molecule has 0 radical (unpaired) electrons. The van der Waals surface area contributed by atoms with Crippen molar-refractivity contribution in [3.63, 3.8) is 0 Å². The van der Waals surface area contributed by atoms with Gasteiger partial charge in [0, 0.05) is 23.9 Å². The molecule has 4 atom stereocenters. The number of carbonyl (C=O) groups excluding carboxylic acids is 3. The summed E-state index contributed by atoms with van der Waals surface area (Å²) >= 11 is 0. The molecule has 4 aromatic rings. The molecule has 1 N–H and O–H groups in total. The van der Waals surface area contributed by atoms with Crippen LogP contribution in [0.15, 0.2) is 103 Å². The number of methoxy groups -OCH3 is 1. The van der Waals surface area contributed by atoms with E-state index in [1.807, 2.05) is 18.2 Å². The molecule has 1 saturated carbocycles. The highest BCUT2D eigenvalue weighted by Gasteiger charge is 2.58. The van der Waals surface area contributed by atoms with Crippen LogP contribution in [-0.2, 0) is 16.1 Å². The molecule has 4 aromatic carbocycles. The van der Waals surface area contributed by atoms with E-state index >= 15 is 0 Å². The van der Waals surface area contributed by atoms with E-state index in [2.05, 4.69) is 5.32 Å². The Morgan fingerprint density at radius 2 is 1.36 bits per heavy atom. The topological polar surface area (TPSA) is 75.7 Å². The second-order valence-electron chi connectivity index (χ2n) is 12.4. The second-order valence-corrected chi connectivity index (χ2v) is 12.4. The van der Waals surface area contributed by atoms with Crippen molar-refractivity contribution in [1.29, 1.82) is 0 Å². The average molecular weight is 637 g/mol. The van der Waals surface area contributed by atoms with Crippen LogP contribution in [0.3, 0.4) is 0 Å². The van der Waals surface area contributed by atoms with Crippen LogP contribution >= 0.6 is 0 Å². The van der Waals surface area contributed by atoms with Gasteiger partial charge in [0.05, 0.1) is 19.1 Å². The monoisotopic (exact) mass is 636 g/mol. The predicted octanol–water partition coefficient (Wildman–Crippen LogP) is 7.40. The maximum Gasteiger partial charge on any atom is 0.243 e. The molecule has 2 aliphatic rings. The first kappa shape index (κ1) is 32.1. The van der Waals surface area contributed by atoms with Gasteiger partial charge in [-0.25, -0.2) is 8.78 Å². The lowest BCUT2D eigenvalue weighted by Gasteiger charge is -2.35. The number of nitrogens with zero attached hydrogens (tertiary/aromatic N) is 1. The van der Waals surface area contributed by atoms with Crippen LogP contribution in [0.5, 0.6) is 5.75 Å². The summed E-state index contributed by atoms with van der Waals surface area (Å²) in [7, 11) is 1.57. The van der Waals surface area contributed by atoms with Gasteiger partial charge in [-0.05, 0) is 65.9 Å². The number of ether oxygens (including phenoxy) is 1. The molecule has 0 aromatic heterocycles. The summed E-state index contributed by atoms with van der Waals surface area (Å²) in [5.74, 6) is -2.99. The van der Waals surface area contributed by atoms with Gasteiger partial charge in [0.2, 0.25) is 11.8 Å². The Morgan fingerprint density at radius 1 is 0.766 bits per heavy atom. The molecule has 0 bridgehead atoms. The summed E-state index contributed by atoms with van der Waals surface area (Å²) in [4.78, 5) is 45.7. The molecule has 1 heterocycles. The molecular formula is C39H38F2N2O4. The van der Waals surface area contributed by atoms with Crippen LogP contribution in [0, 0.1) is 23.5 Å². The minimum atomic E-state index is -1.08. The van der Waals surface area contributed by atoms with Crippen molar-refractivity contribution in [1.82, 2.24) is 10.2 Å². The molecule has 1 aliphatic heterocycles. The van der Waals surface area contributed by atoms with E-state index in [4.69, 9.17) is 4.74 Å². The highest BCUT2D eigenvalue weighted by Crippen LogP contribution is 2.52. The summed E-state index contributed by atoms with van der Waals surface area (Å²) in [5.41, 5.74) is 2.43. The fourth-order valence-electron chi connectivity index (χ4n) is 7.28. The van der Waals surface area contributed by atoms with Gasteiger partial charge < -0.3 is 15.0 Å². The third-order valence-electron chi connectivity index (χ3n) is 9.60. The minimum absolute atomic E-state index is 0.0989. The highest BCUT2D eigenvalue weighted by molar-refractivity contribution is 6.02. The predicted molar refractivity (Wildman–Crippen MR) is 175 cm³/mol. The number of halogens is 2. The Bertz CT molecular complexity index is 1690. The average Bonchev–Trinajstić information content (AvgIpc) is 3.48. The largest absolute Gasteiger partial charge is 0.497 e. The number of benzene rings is 4. The lowest BCUT2D eigenvalue weighted by Crippen LogP contribution is -2.50. The van der Waals surface area contributed by atoms with Gasteiger partial charge in [0.15, 0.2) is 5.78 Å². The molecule has 6 rings (SSSR count). The maximum atomic E-state index is 14.8. The fourth-order valence-corrected chi connectivity index (χ4v) is 7.28. The first-order valence-electron chi connectivity index (χ1n) is 16.2. The van der Waals surface area contributed by atoms with Gasteiger partial charge in [-0.3, -0.25) is 14.4 Å². The van der Waals surface area contributed by atoms with Gasteiger partial charge in [0.25, 0.3) is 0 Å². The molecule has 6 nitrogen and oxygen atoms in total. The summed E-state index contributed by atoms with van der Waals surface area (Å²) in [6.45, 7) is 0.0989. The number of carbonyl (C=O) groups is 3. The molecule has 2 fully saturated rings.